The summed E-state index contributed by atoms with van der Waals surface area (Å²) in [7, 11) is 1.84. The van der Waals surface area contributed by atoms with Crippen LogP contribution in [-0.4, -0.2) is 33.0 Å². The Hall–Kier alpha value is -1.69. The van der Waals surface area contributed by atoms with Crippen molar-refractivity contribution in [2.24, 2.45) is 0 Å². The molecule has 21 heavy (non-hydrogen) atoms. The Kier molecular flexibility index (Phi) is 4.77. The number of hydrogen-bond donors (Lipinski definition) is 1. The van der Waals surface area contributed by atoms with Crippen LogP contribution in [0.2, 0.25) is 0 Å². The van der Waals surface area contributed by atoms with Gasteiger partial charge < -0.3 is 4.90 Å². The van der Waals surface area contributed by atoms with E-state index in [4.69, 9.17) is 0 Å². The van der Waals surface area contributed by atoms with Crippen LogP contribution in [0, 0.1) is 13.8 Å². The molecule has 0 aliphatic carbocycles. The zero-order valence-corrected chi connectivity index (χ0v) is 14.0. The molecule has 0 unspecified atom stereocenters. The minimum Gasteiger partial charge on any atom is -0.338 e. The second-order valence-electron chi connectivity index (χ2n) is 5.31. The summed E-state index contributed by atoms with van der Waals surface area (Å²) < 4.78 is 0. The number of likely N-dealkylation sites (N-methyl/N-ethyl adjacent to an activating group) is 1. The highest BCUT2D eigenvalue weighted by Gasteiger charge is 2.22. The Balaban J connectivity index is 2.08. The number of aromatic nitrogens is 3. The molecule has 0 aromatic carbocycles. The number of H-pyrrole nitrogens is 1. The lowest BCUT2D eigenvalue weighted by molar-refractivity contribution is -0.131. The summed E-state index contributed by atoms with van der Waals surface area (Å²) in [5.41, 5.74) is 2.78. The molecule has 6 heteroatoms. The van der Waals surface area contributed by atoms with Gasteiger partial charge >= 0.3 is 0 Å². The molecule has 1 amide bonds. The lowest BCUT2D eigenvalue weighted by atomic mass is 10.2. The van der Waals surface area contributed by atoms with Crippen molar-refractivity contribution in [1.82, 2.24) is 20.1 Å². The van der Waals surface area contributed by atoms with Crippen LogP contribution in [0.25, 0.3) is 0 Å². The van der Waals surface area contributed by atoms with Crippen LogP contribution in [0.4, 0.5) is 0 Å². The van der Waals surface area contributed by atoms with Gasteiger partial charge in [0.25, 0.3) is 0 Å². The number of nitrogens with zero attached hydrogens (tertiary/aromatic N) is 3. The fourth-order valence-corrected chi connectivity index (χ4v) is 3.34. The van der Waals surface area contributed by atoms with Crippen LogP contribution in [0.15, 0.2) is 6.07 Å². The molecule has 0 aliphatic heterocycles. The fourth-order valence-electron chi connectivity index (χ4n) is 2.24. The van der Waals surface area contributed by atoms with E-state index in [0.29, 0.717) is 6.42 Å². The monoisotopic (exact) mass is 306 g/mol. The van der Waals surface area contributed by atoms with E-state index in [1.54, 1.807) is 16.2 Å². The maximum Gasteiger partial charge on any atom is 0.228 e. The summed E-state index contributed by atoms with van der Waals surface area (Å²) in [6.45, 7) is 8.09. The van der Waals surface area contributed by atoms with Gasteiger partial charge in [0.15, 0.2) is 0 Å². The average molecular weight is 306 g/mol. The quantitative estimate of drug-likeness (QED) is 0.924. The van der Waals surface area contributed by atoms with Gasteiger partial charge in [-0.1, -0.05) is 6.92 Å². The third-order valence-electron chi connectivity index (χ3n) is 3.62. The smallest absolute Gasteiger partial charge is 0.228 e. The highest BCUT2D eigenvalue weighted by molar-refractivity contribution is 7.11. The van der Waals surface area contributed by atoms with Gasteiger partial charge in [0.2, 0.25) is 5.91 Å². The molecule has 2 aromatic heterocycles. The van der Waals surface area contributed by atoms with Gasteiger partial charge in [-0.15, -0.1) is 11.3 Å². The second kappa shape index (κ2) is 6.39. The van der Waals surface area contributed by atoms with Crippen molar-refractivity contribution in [1.29, 1.82) is 0 Å². The van der Waals surface area contributed by atoms with Gasteiger partial charge in [-0.25, -0.2) is 4.98 Å². The molecule has 2 rings (SSSR count). The van der Waals surface area contributed by atoms with E-state index < -0.39 is 0 Å². The maximum atomic E-state index is 12.4. The normalized spacial score (nSPS) is 12.4. The van der Waals surface area contributed by atoms with Crippen molar-refractivity contribution in [3.63, 3.8) is 0 Å². The zero-order valence-electron chi connectivity index (χ0n) is 13.2. The molecular formula is C15H22N4OS. The molecule has 0 spiro atoms. The van der Waals surface area contributed by atoms with Crippen molar-refractivity contribution in [2.45, 2.75) is 46.6 Å². The summed E-state index contributed by atoms with van der Waals surface area (Å²) in [6, 6.07) is 1.94. The summed E-state index contributed by atoms with van der Waals surface area (Å²) in [6.07, 6.45) is 1.26. The van der Waals surface area contributed by atoms with Crippen LogP contribution >= 0.6 is 11.3 Å². The van der Waals surface area contributed by atoms with Crippen LogP contribution in [0.1, 0.15) is 46.9 Å². The standard InChI is InChI=1S/C15H22N4OS/c1-6-13-16-10(3)15(21-13)11(4)19(5)14(20)8-12-7-9(2)17-18-12/h7,11H,6,8H2,1-5H3,(H,17,18)/t11-/m1/s1. The van der Waals surface area contributed by atoms with E-state index in [0.717, 1.165) is 28.5 Å². The van der Waals surface area contributed by atoms with Crippen LogP contribution in [0.5, 0.6) is 0 Å². The minimum absolute atomic E-state index is 0.0374. The summed E-state index contributed by atoms with van der Waals surface area (Å²) in [5, 5.41) is 8.11. The number of aryl methyl sites for hydroxylation is 3. The van der Waals surface area contributed by atoms with Crippen LogP contribution in [0.3, 0.4) is 0 Å². The first-order valence-electron chi connectivity index (χ1n) is 7.15. The fraction of sp³-hybridized carbons (Fsp3) is 0.533. The molecule has 1 N–H and O–H groups in total. The molecule has 5 nitrogen and oxygen atoms in total. The number of carbonyl (C=O) groups excluding carboxylic acids is 1. The lowest BCUT2D eigenvalue weighted by Crippen LogP contribution is -2.31. The molecule has 2 aromatic rings. The first-order chi connectivity index (χ1) is 9.92. The van der Waals surface area contributed by atoms with Gasteiger partial charge in [-0.3, -0.25) is 9.89 Å². The number of hydrogen-bond acceptors (Lipinski definition) is 4. The average Bonchev–Trinajstić information content (AvgIpc) is 3.03. The number of thiazole rings is 1. The third kappa shape index (κ3) is 3.50. The second-order valence-corrected chi connectivity index (χ2v) is 6.43. The SMILES string of the molecule is CCc1nc(C)c([C@@H](C)N(C)C(=O)Cc2cc(C)[nH]n2)s1. The predicted molar refractivity (Wildman–Crippen MR) is 84.4 cm³/mol. The molecule has 0 aliphatic rings. The van der Waals surface area contributed by atoms with Gasteiger partial charge in [0.1, 0.15) is 0 Å². The van der Waals surface area contributed by atoms with E-state index in [1.165, 1.54) is 4.88 Å². The largest absolute Gasteiger partial charge is 0.338 e. The highest BCUT2D eigenvalue weighted by atomic mass is 32.1. The molecule has 2 heterocycles. The maximum absolute atomic E-state index is 12.4. The predicted octanol–water partition coefficient (Wildman–Crippen LogP) is 2.81. The Morgan fingerprint density at radius 3 is 2.71 bits per heavy atom. The number of amides is 1. The molecule has 114 valence electrons. The van der Waals surface area contributed by atoms with Crippen LogP contribution in [-0.2, 0) is 17.6 Å². The first kappa shape index (κ1) is 15.7. The topological polar surface area (TPSA) is 61.9 Å². The Morgan fingerprint density at radius 1 is 1.48 bits per heavy atom. The zero-order chi connectivity index (χ0) is 15.6. The third-order valence-corrected chi connectivity index (χ3v) is 5.10. The van der Waals surface area contributed by atoms with E-state index in [9.17, 15) is 4.79 Å². The van der Waals surface area contributed by atoms with Gasteiger partial charge in [0, 0.05) is 17.6 Å². The van der Waals surface area contributed by atoms with Crippen molar-refractivity contribution in [2.75, 3.05) is 7.05 Å². The van der Waals surface area contributed by atoms with E-state index in [-0.39, 0.29) is 11.9 Å². The van der Waals surface area contributed by atoms with E-state index in [2.05, 4.69) is 22.1 Å². The summed E-state index contributed by atoms with van der Waals surface area (Å²) in [5.74, 6) is 0.0693. The van der Waals surface area contributed by atoms with Crippen LogP contribution < -0.4 is 0 Å². The summed E-state index contributed by atoms with van der Waals surface area (Å²) in [4.78, 5) is 19.9. The molecule has 0 radical (unpaired) electrons. The van der Waals surface area contributed by atoms with Gasteiger partial charge in [-0.2, -0.15) is 5.10 Å². The molecule has 1 atom stereocenters. The van der Waals surface area contributed by atoms with Crippen molar-refractivity contribution < 1.29 is 4.79 Å². The van der Waals surface area contributed by atoms with Gasteiger partial charge in [-0.05, 0) is 33.3 Å². The molecule has 0 saturated heterocycles. The highest BCUT2D eigenvalue weighted by Crippen LogP contribution is 2.29. The molecule has 0 saturated carbocycles. The molecule has 0 fully saturated rings. The molecule has 0 bridgehead atoms. The number of carbonyl (C=O) groups is 1. The minimum atomic E-state index is 0.0374. The number of aromatic amines is 1. The lowest BCUT2D eigenvalue weighted by Gasteiger charge is -2.24. The summed E-state index contributed by atoms with van der Waals surface area (Å²) >= 11 is 1.70. The number of nitrogens with one attached hydrogen (secondary N) is 1. The van der Waals surface area contributed by atoms with Gasteiger partial charge in [0.05, 0.1) is 28.9 Å². The Bertz CT molecular complexity index is 631. The van der Waals surface area contributed by atoms with E-state index >= 15 is 0 Å². The van der Waals surface area contributed by atoms with E-state index in [1.807, 2.05) is 33.9 Å². The Labute approximate surface area is 129 Å². The Morgan fingerprint density at radius 2 is 2.19 bits per heavy atom. The van der Waals surface area contributed by atoms with Crippen molar-refractivity contribution in [3.05, 3.63) is 33.0 Å². The first-order valence-corrected chi connectivity index (χ1v) is 7.96. The van der Waals surface area contributed by atoms with Crippen molar-refractivity contribution in [3.8, 4) is 0 Å². The number of rotatable bonds is 5. The molecular weight excluding hydrogens is 284 g/mol. The van der Waals surface area contributed by atoms with Crippen molar-refractivity contribution >= 4 is 17.2 Å².